The summed E-state index contributed by atoms with van der Waals surface area (Å²) < 4.78 is 0. The van der Waals surface area contributed by atoms with E-state index in [2.05, 4.69) is 0 Å². The van der Waals surface area contributed by atoms with Gasteiger partial charge in [-0.15, -0.1) is 0 Å². The van der Waals surface area contributed by atoms with Crippen LogP contribution in [0.15, 0.2) is 42.5 Å². The van der Waals surface area contributed by atoms with Crippen molar-refractivity contribution in [2.24, 2.45) is 0 Å². The van der Waals surface area contributed by atoms with Crippen molar-refractivity contribution in [2.75, 3.05) is 0 Å². The monoisotopic (exact) mass is 272 g/mol. The molecule has 0 aliphatic carbocycles. The zero-order valence-electron chi connectivity index (χ0n) is 11.0. The first-order chi connectivity index (χ1) is 9.47. The molecule has 0 saturated carbocycles. The molecule has 4 N–H and O–H groups in total. The van der Waals surface area contributed by atoms with Gasteiger partial charge in [0.25, 0.3) is 0 Å². The summed E-state index contributed by atoms with van der Waals surface area (Å²) in [7, 11) is 0. The summed E-state index contributed by atoms with van der Waals surface area (Å²) in [5, 5.41) is 37.4. The Bertz CT molecular complexity index is 647. The number of allylic oxidation sites excluding steroid dienone is 1. The highest BCUT2D eigenvalue weighted by atomic mass is 16.3. The Hall–Kier alpha value is -2.62. The van der Waals surface area contributed by atoms with Crippen molar-refractivity contribution in [3.63, 3.8) is 0 Å². The molecule has 4 heteroatoms. The first kappa shape index (κ1) is 13.8. The molecule has 0 aliphatic heterocycles. The zero-order chi connectivity index (χ0) is 14.7. The molecule has 0 bridgehead atoms. The normalized spacial score (nSPS) is 12.7. The van der Waals surface area contributed by atoms with Crippen molar-refractivity contribution in [1.29, 1.82) is 0 Å². The molecule has 20 heavy (non-hydrogen) atoms. The third kappa shape index (κ3) is 3.03. The van der Waals surface area contributed by atoms with E-state index in [9.17, 15) is 20.4 Å². The topological polar surface area (TPSA) is 80.9 Å². The maximum atomic E-state index is 9.47. The summed E-state index contributed by atoms with van der Waals surface area (Å²) in [6.45, 7) is 1.95. The Kier molecular flexibility index (Phi) is 3.84. The highest BCUT2D eigenvalue weighted by molar-refractivity contribution is 5.56. The van der Waals surface area contributed by atoms with E-state index in [0.29, 0.717) is 0 Å². The van der Waals surface area contributed by atoms with E-state index in [-0.39, 0.29) is 28.9 Å². The van der Waals surface area contributed by atoms with Crippen LogP contribution in [0.1, 0.15) is 24.0 Å². The number of phenols is 4. The lowest BCUT2D eigenvalue weighted by molar-refractivity contribution is 0.403. The van der Waals surface area contributed by atoms with Gasteiger partial charge in [0.2, 0.25) is 0 Å². The van der Waals surface area contributed by atoms with Crippen LogP contribution in [0.4, 0.5) is 0 Å². The van der Waals surface area contributed by atoms with Crippen molar-refractivity contribution >= 4 is 6.08 Å². The lowest BCUT2D eigenvalue weighted by atomic mass is 9.99. The Balaban J connectivity index is 2.17. The smallest absolute Gasteiger partial charge is 0.157 e. The molecule has 2 aromatic rings. The lowest BCUT2D eigenvalue weighted by Gasteiger charge is -2.08. The maximum absolute atomic E-state index is 9.47. The Morgan fingerprint density at radius 1 is 0.800 bits per heavy atom. The molecule has 4 nitrogen and oxygen atoms in total. The van der Waals surface area contributed by atoms with E-state index in [1.54, 1.807) is 12.1 Å². The number of hydrogen-bond donors (Lipinski definition) is 4. The molecule has 1 atom stereocenters. The summed E-state index contributed by atoms with van der Waals surface area (Å²) in [5.74, 6) is -0.586. The molecule has 0 spiro atoms. The average Bonchev–Trinajstić information content (AvgIpc) is 2.43. The molecule has 104 valence electrons. The Labute approximate surface area is 116 Å². The number of benzene rings is 2. The van der Waals surface area contributed by atoms with Crippen molar-refractivity contribution in [2.45, 2.75) is 12.8 Å². The van der Waals surface area contributed by atoms with Gasteiger partial charge >= 0.3 is 0 Å². The van der Waals surface area contributed by atoms with Gasteiger partial charge in [0, 0.05) is 0 Å². The van der Waals surface area contributed by atoms with E-state index < -0.39 is 0 Å². The van der Waals surface area contributed by atoms with Crippen LogP contribution in [0.2, 0.25) is 0 Å². The number of phenolic OH excluding ortho intramolecular Hbond substituents is 4. The molecule has 0 fully saturated rings. The molecule has 1 unspecified atom stereocenters. The van der Waals surface area contributed by atoms with Gasteiger partial charge in [0.1, 0.15) is 0 Å². The largest absolute Gasteiger partial charge is 0.504 e. The van der Waals surface area contributed by atoms with Gasteiger partial charge in [-0.25, -0.2) is 0 Å². The van der Waals surface area contributed by atoms with Gasteiger partial charge in [-0.3, -0.25) is 0 Å². The second-order valence-corrected chi connectivity index (χ2v) is 4.64. The highest BCUT2D eigenvalue weighted by Crippen LogP contribution is 2.30. The summed E-state index contributed by atoms with van der Waals surface area (Å²) >= 11 is 0. The first-order valence-electron chi connectivity index (χ1n) is 6.19. The van der Waals surface area contributed by atoms with Crippen LogP contribution in [0.5, 0.6) is 23.0 Å². The van der Waals surface area contributed by atoms with Gasteiger partial charge in [0.15, 0.2) is 23.0 Å². The number of rotatable bonds is 3. The average molecular weight is 272 g/mol. The van der Waals surface area contributed by atoms with E-state index in [4.69, 9.17) is 0 Å². The quantitative estimate of drug-likeness (QED) is 0.646. The Morgan fingerprint density at radius 2 is 1.40 bits per heavy atom. The first-order valence-corrected chi connectivity index (χ1v) is 6.19. The minimum absolute atomic E-state index is 0.0254. The van der Waals surface area contributed by atoms with Crippen molar-refractivity contribution in [1.82, 2.24) is 0 Å². The SMILES string of the molecule is CC(/C=C/c1ccc(O)c(O)c1)c1ccc(O)c(O)c1. The molecule has 0 aliphatic rings. The van der Waals surface area contributed by atoms with E-state index in [1.165, 1.54) is 24.3 Å². The van der Waals surface area contributed by atoms with Crippen LogP contribution in [-0.2, 0) is 0 Å². The maximum Gasteiger partial charge on any atom is 0.157 e. The fraction of sp³-hybridized carbons (Fsp3) is 0.125. The molecule has 0 aromatic heterocycles. The predicted molar refractivity (Wildman–Crippen MR) is 77.0 cm³/mol. The van der Waals surface area contributed by atoms with Gasteiger partial charge in [0.05, 0.1) is 0 Å². The molecule has 2 rings (SSSR count). The third-order valence-corrected chi connectivity index (χ3v) is 3.10. The van der Waals surface area contributed by atoms with Crippen LogP contribution in [0.25, 0.3) is 6.08 Å². The second kappa shape index (κ2) is 5.57. The van der Waals surface area contributed by atoms with Crippen molar-refractivity contribution in [3.8, 4) is 23.0 Å². The van der Waals surface area contributed by atoms with Crippen LogP contribution < -0.4 is 0 Å². The van der Waals surface area contributed by atoms with Crippen molar-refractivity contribution < 1.29 is 20.4 Å². The summed E-state index contributed by atoms with van der Waals surface area (Å²) in [4.78, 5) is 0. The van der Waals surface area contributed by atoms with Crippen LogP contribution in [0.3, 0.4) is 0 Å². The number of hydrogen-bond acceptors (Lipinski definition) is 4. The third-order valence-electron chi connectivity index (χ3n) is 3.10. The van der Waals surface area contributed by atoms with E-state index in [0.717, 1.165) is 11.1 Å². The molecule has 2 aromatic carbocycles. The summed E-state index contributed by atoms with van der Waals surface area (Å²) in [6.07, 6.45) is 3.71. The van der Waals surface area contributed by atoms with Crippen LogP contribution in [-0.4, -0.2) is 20.4 Å². The fourth-order valence-corrected chi connectivity index (χ4v) is 1.83. The minimum atomic E-state index is -0.165. The number of aromatic hydroxyl groups is 4. The molecule has 0 saturated heterocycles. The summed E-state index contributed by atoms with van der Waals surface area (Å²) in [6, 6.07) is 9.27. The fourth-order valence-electron chi connectivity index (χ4n) is 1.83. The predicted octanol–water partition coefficient (Wildman–Crippen LogP) is 3.33. The zero-order valence-corrected chi connectivity index (χ0v) is 11.0. The van der Waals surface area contributed by atoms with Crippen LogP contribution >= 0.6 is 0 Å². The van der Waals surface area contributed by atoms with Crippen LogP contribution in [0, 0.1) is 0 Å². The van der Waals surface area contributed by atoms with Gasteiger partial charge in [-0.1, -0.05) is 31.2 Å². The molecular weight excluding hydrogens is 256 g/mol. The van der Waals surface area contributed by atoms with Crippen molar-refractivity contribution in [3.05, 3.63) is 53.6 Å². The van der Waals surface area contributed by atoms with Gasteiger partial charge in [-0.2, -0.15) is 0 Å². The van der Waals surface area contributed by atoms with Gasteiger partial charge < -0.3 is 20.4 Å². The summed E-state index contributed by atoms with van der Waals surface area (Å²) in [5.41, 5.74) is 1.62. The highest BCUT2D eigenvalue weighted by Gasteiger charge is 2.06. The lowest BCUT2D eigenvalue weighted by Crippen LogP contribution is -1.88. The van der Waals surface area contributed by atoms with Gasteiger partial charge in [-0.05, 0) is 41.3 Å². The molecular formula is C16H16O4. The van der Waals surface area contributed by atoms with E-state index in [1.807, 2.05) is 19.1 Å². The van der Waals surface area contributed by atoms with E-state index >= 15 is 0 Å². The molecule has 0 radical (unpaired) electrons. The Morgan fingerprint density at radius 3 is 2.00 bits per heavy atom. The molecule has 0 heterocycles. The second-order valence-electron chi connectivity index (χ2n) is 4.64. The standard InChI is InChI=1S/C16H16O4/c1-10(12-5-7-14(18)16(20)9-12)2-3-11-4-6-13(17)15(19)8-11/h2-10,17-20H,1H3/b3-2+. The molecule has 0 amide bonds. The minimum Gasteiger partial charge on any atom is -0.504 e.